The molecule has 3 nitrogen and oxygen atoms in total. The van der Waals surface area contributed by atoms with Gasteiger partial charge in [-0.3, -0.25) is 0 Å². The van der Waals surface area contributed by atoms with E-state index >= 15 is 0 Å². The monoisotopic (exact) mass is 280 g/mol. The van der Waals surface area contributed by atoms with Gasteiger partial charge in [-0.1, -0.05) is 32.0 Å². The van der Waals surface area contributed by atoms with Crippen LogP contribution in [0.3, 0.4) is 0 Å². The normalized spacial score (nSPS) is 10.5. The van der Waals surface area contributed by atoms with Gasteiger partial charge in [0.1, 0.15) is 0 Å². The molecule has 1 rings (SSSR count). The number of amides is 2. The Kier molecular flexibility index (Phi) is 8.14. The molecule has 0 aliphatic carbocycles. The largest absolute Gasteiger partial charge is 0.338 e. The summed E-state index contributed by atoms with van der Waals surface area (Å²) in [5, 5.41) is 5.87. The van der Waals surface area contributed by atoms with Crippen molar-refractivity contribution < 1.29 is 4.79 Å². The SMILES string of the molecule is CCC(CC)NC(=O)NCCCSc1ccccc1. The molecule has 2 amide bonds. The van der Waals surface area contributed by atoms with Crippen LogP contribution in [0.25, 0.3) is 0 Å². The summed E-state index contributed by atoms with van der Waals surface area (Å²) in [4.78, 5) is 12.9. The number of urea groups is 1. The van der Waals surface area contributed by atoms with E-state index in [0.717, 1.165) is 31.6 Å². The van der Waals surface area contributed by atoms with Crippen LogP contribution in [0.15, 0.2) is 35.2 Å². The number of carbonyl (C=O) groups excluding carboxylic acids is 1. The van der Waals surface area contributed by atoms with Gasteiger partial charge in [-0.25, -0.2) is 4.79 Å². The van der Waals surface area contributed by atoms with E-state index in [1.807, 2.05) is 30.0 Å². The highest BCUT2D eigenvalue weighted by Gasteiger charge is 2.06. The summed E-state index contributed by atoms with van der Waals surface area (Å²) in [7, 11) is 0. The van der Waals surface area contributed by atoms with Crippen molar-refractivity contribution in [1.82, 2.24) is 10.6 Å². The van der Waals surface area contributed by atoms with E-state index in [1.165, 1.54) is 4.90 Å². The highest BCUT2D eigenvalue weighted by Crippen LogP contribution is 2.17. The first kappa shape index (κ1) is 15.9. The summed E-state index contributed by atoms with van der Waals surface area (Å²) in [5.41, 5.74) is 0. The zero-order valence-corrected chi connectivity index (χ0v) is 12.6. The van der Waals surface area contributed by atoms with Crippen LogP contribution < -0.4 is 10.6 Å². The number of benzene rings is 1. The lowest BCUT2D eigenvalue weighted by molar-refractivity contribution is 0.236. The molecule has 0 bridgehead atoms. The molecule has 0 atom stereocenters. The second kappa shape index (κ2) is 9.73. The van der Waals surface area contributed by atoms with Crippen molar-refractivity contribution >= 4 is 17.8 Å². The van der Waals surface area contributed by atoms with Crippen molar-refractivity contribution in [1.29, 1.82) is 0 Å². The standard InChI is InChI=1S/C15H24N2OS/c1-3-13(4-2)17-15(18)16-11-8-12-19-14-9-6-5-7-10-14/h5-7,9-10,13H,3-4,8,11-12H2,1-2H3,(H2,16,17,18). The second-order valence-electron chi connectivity index (χ2n) is 4.43. The van der Waals surface area contributed by atoms with Gasteiger partial charge in [0.05, 0.1) is 0 Å². The third-order valence-electron chi connectivity index (χ3n) is 2.94. The molecule has 0 saturated heterocycles. The van der Waals surface area contributed by atoms with Crippen LogP contribution >= 0.6 is 11.8 Å². The molecule has 1 aromatic rings. The van der Waals surface area contributed by atoms with E-state index < -0.39 is 0 Å². The van der Waals surface area contributed by atoms with E-state index in [4.69, 9.17) is 0 Å². The van der Waals surface area contributed by atoms with Gasteiger partial charge in [-0.2, -0.15) is 0 Å². The Morgan fingerprint density at radius 3 is 2.53 bits per heavy atom. The Morgan fingerprint density at radius 1 is 1.21 bits per heavy atom. The molecule has 2 N–H and O–H groups in total. The maximum absolute atomic E-state index is 11.6. The molecule has 0 aromatic heterocycles. The zero-order chi connectivity index (χ0) is 13.9. The molecule has 0 aliphatic rings. The molecule has 0 aliphatic heterocycles. The first-order chi connectivity index (χ1) is 9.26. The minimum absolute atomic E-state index is 0.0431. The second-order valence-corrected chi connectivity index (χ2v) is 5.60. The molecule has 4 heteroatoms. The fourth-order valence-corrected chi connectivity index (χ4v) is 2.58. The third kappa shape index (κ3) is 7.11. The van der Waals surface area contributed by atoms with Crippen molar-refractivity contribution in [3.63, 3.8) is 0 Å². The molecule has 0 unspecified atom stereocenters. The highest BCUT2D eigenvalue weighted by molar-refractivity contribution is 7.99. The number of carbonyl (C=O) groups is 1. The number of thioether (sulfide) groups is 1. The van der Waals surface area contributed by atoms with E-state index in [2.05, 4.69) is 36.6 Å². The molecule has 106 valence electrons. The number of nitrogens with one attached hydrogen (secondary N) is 2. The van der Waals surface area contributed by atoms with E-state index in [1.54, 1.807) is 0 Å². The van der Waals surface area contributed by atoms with Crippen molar-refractivity contribution in [2.45, 2.75) is 44.0 Å². The van der Waals surface area contributed by atoms with Gasteiger partial charge in [0.15, 0.2) is 0 Å². The Balaban J connectivity index is 2.06. The van der Waals surface area contributed by atoms with Crippen molar-refractivity contribution in [3.8, 4) is 0 Å². The van der Waals surface area contributed by atoms with Crippen LogP contribution in [-0.2, 0) is 0 Å². The minimum atomic E-state index is -0.0431. The van der Waals surface area contributed by atoms with Crippen molar-refractivity contribution in [2.24, 2.45) is 0 Å². The van der Waals surface area contributed by atoms with Gasteiger partial charge in [0.2, 0.25) is 0 Å². The molecule has 0 fully saturated rings. The predicted octanol–water partition coefficient (Wildman–Crippen LogP) is 3.66. The Morgan fingerprint density at radius 2 is 1.89 bits per heavy atom. The van der Waals surface area contributed by atoms with Gasteiger partial charge < -0.3 is 10.6 Å². The number of hydrogen-bond acceptors (Lipinski definition) is 2. The van der Waals surface area contributed by atoms with Crippen LogP contribution in [0.2, 0.25) is 0 Å². The molecule has 0 heterocycles. The van der Waals surface area contributed by atoms with Crippen molar-refractivity contribution in [2.75, 3.05) is 12.3 Å². The van der Waals surface area contributed by atoms with Gasteiger partial charge in [0, 0.05) is 17.5 Å². The summed E-state index contributed by atoms with van der Waals surface area (Å²) in [6, 6.07) is 10.6. The van der Waals surface area contributed by atoms with Crippen LogP contribution in [0.1, 0.15) is 33.1 Å². The van der Waals surface area contributed by atoms with Crippen LogP contribution in [0.4, 0.5) is 4.79 Å². The summed E-state index contributed by atoms with van der Waals surface area (Å²) in [6.07, 6.45) is 2.94. The van der Waals surface area contributed by atoms with Gasteiger partial charge in [-0.15, -0.1) is 11.8 Å². The van der Waals surface area contributed by atoms with Gasteiger partial charge in [-0.05, 0) is 37.1 Å². The quantitative estimate of drug-likeness (QED) is 0.563. The third-order valence-corrected chi connectivity index (χ3v) is 4.04. The van der Waals surface area contributed by atoms with Gasteiger partial charge in [0.25, 0.3) is 0 Å². The molecule has 1 aromatic carbocycles. The maximum atomic E-state index is 11.6. The van der Waals surface area contributed by atoms with E-state index in [9.17, 15) is 4.79 Å². The molecular formula is C15H24N2OS. The number of rotatable bonds is 8. The fraction of sp³-hybridized carbons (Fsp3) is 0.533. The molecule has 0 saturated carbocycles. The number of hydrogen-bond donors (Lipinski definition) is 2. The average Bonchev–Trinajstić information content (AvgIpc) is 2.45. The Bertz CT molecular complexity index is 352. The molecule has 0 radical (unpaired) electrons. The van der Waals surface area contributed by atoms with Crippen molar-refractivity contribution in [3.05, 3.63) is 30.3 Å². The summed E-state index contributed by atoms with van der Waals surface area (Å²) >= 11 is 1.82. The van der Waals surface area contributed by atoms with Crippen LogP contribution in [-0.4, -0.2) is 24.4 Å². The smallest absolute Gasteiger partial charge is 0.315 e. The van der Waals surface area contributed by atoms with Gasteiger partial charge >= 0.3 is 6.03 Å². The fourth-order valence-electron chi connectivity index (χ4n) is 1.71. The zero-order valence-electron chi connectivity index (χ0n) is 11.8. The Labute approximate surface area is 120 Å². The highest BCUT2D eigenvalue weighted by atomic mass is 32.2. The molecule has 0 spiro atoms. The topological polar surface area (TPSA) is 41.1 Å². The summed E-state index contributed by atoms with van der Waals surface area (Å²) < 4.78 is 0. The Hall–Kier alpha value is -1.16. The summed E-state index contributed by atoms with van der Waals surface area (Å²) in [5.74, 6) is 1.02. The molecule has 19 heavy (non-hydrogen) atoms. The maximum Gasteiger partial charge on any atom is 0.315 e. The lowest BCUT2D eigenvalue weighted by atomic mass is 10.2. The predicted molar refractivity (Wildman–Crippen MR) is 82.7 cm³/mol. The van der Waals surface area contributed by atoms with Crippen LogP contribution in [0, 0.1) is 0 Å². The summed E-state index contributed by atoms with van der Waals surface area (Å²) in [6.45, 7) is 4.90. The van der Waals surface area contributed by atoms with Crippen LogP contribution in [0.5, 0.6) is 0 Å². The first-order valence-corrected chi connectivity index (χ1v) is 7.97. The lowest BCUT2D eigenvalue weighted by Crippen LogP contribution is -2.41. The lowest BCUT2D eigenvalue weighted by Gasteiger charge is -2.15. The first-order valence-electron chi connectivity index (χ1n) is 6.98. The minimum Gasteiger partial charge on any atom is -0.338 e. The molecular weight excluding hydrogens is 256 g/mol. The van der Waals surface area contributed by atoms with E-state index in [0.29, 0.717) is 6.04 Å². The van der Waals surface area contributed by atoms with E-state index in [-0.39, 0.29) is 6.03 Å². The average molecular weight is 280 g/mol.